The summed E-state index contributed by atoms with van der Waals surface area (Å²) in [7, 11) is 0. The highest BCUT2D eigenvalue weighted by atomic mass is 16.3. The first-order chi connectivity index (χ1) is 7.26. The lowest BCUT2D eigenvalue weighted by Crippen LogP contribution is -1.77. The Morgan fingerprint density at radius 2 is 2.13 bits per heavy atom. The zero-order valence-corrected chi connectivity index (χ0v) is 10.4. The van der Waals surface area contributed by atoms with Gasteiger partial charge >= 0.3 is 0 Å². The number of aryl methyl sites for hydroxylation is 1. The van der Waals surface area contributed by atoms with Crippen molar-refractivity contribution in [1.82, 2.24) is 4.98 Å². The molecule has 0 radical (unpaired) electrons. The van der Waals surface area contributed by atoms with Gasteiger partial charge in [-0.05, 0) is 25.0 Å². The topological polar surface area (TPSA) is 26.0 Å². The van der Waals surface area contributed by atoms with E-state index in [4.69, 9.17) is 4.42 Å². The maximum absolute atomic E-state index is 5.11. The van der Waals surface area contributed by atoms with Gasteiger partial charge in [0.1, 0.15) is 12.0 Å². The average molecular weight is 207 g/mol. The van der Waals surface area contributed by atoms with E-state index in [-0.39, 0.29) is 0 Å². The molecule has 0 N–H and O–H groups in total. The van der Waals surface area contributed by atoms with Crippen molar-refractivity contribution in [2.45, 2.75) is 41.0 Å². The Labute approximate surface area is 92.7 Å². The number of allylic oxidation sites excluding steroid dienone is 3. The molecule has 1 aromatic heterocycles. The lowest BCUT2D eigenvalue weighted by atomic mass is 10.1. The molecule has 0 aliphatic heterocycles. The molecule has 0 aliphatic carbocycles. The summed E-state index contributed by atoms with van der Waals surface area (Å²) in [6, 6.07) is 0. The van der Waals surface area contributed by atoms with Crippen LogP contribution in [0.1, 0.15) is 45.7 Å². The van der Waals surface area contributed by atoms with Gasteiger partial charge in [0.2, 0.25) is 0 Å². The molecule has 1 heterocycles. The largest absolute Gasteiger partial charge is 0.449 e. The third-order valence-electron chi connectivity index (χ3n) is 1.76. The molecule has 0 amide bonds. The molecule has 1 aromatic rings. The van der Waals surface area contributed by atoms with Gasteiger partial charge in [0.05, 0.1) is 0 Å². The fourth-order valence-corrected chi connectivity index (χ4v) is 1.12. The molecule has 0 bridgehead atoms. The van der Waals surface area contributed by atoms with Crippen LogP contribution in [0.5, 0.6) is 0 Å². The van der Waals surface area contributed by atoms with E-state index in [1.165, 1.54) is 5.57 Å². The van der Waals surface area contributed by atoms with Crippen LogP contribution in [0, 0.1) is 6.92 Å². The van der Waals surface area contributed by atoms with Gasteiger partial charge in [0, 0.05) is 6.92 Å². The van der Waals surface area contributed by atoms with Gasteiger partial charge < -0.3 is 4.42 Å². The SMILES string of the molecule is C/C=C\C(=C/c1coc(C)n1)CC.CC. The number of hydrogen-bond donors (Lipinski definition) is 0. The van der Waals surface area contributed by atoms with Crippen LogP contribution in [0.2, 0.25) is 0 Å². The Morgan fingerprint density at radius 1 is 1.47 bits per heavy atom. The van der Waals surface area contributed by atoms with Gasteiger partial charge in [0.25, 0.3) is 0 Å². The summed E-state index contributed by atoms with van der Waals surface area (Å²) < 4.78 is 5.11. The summed E-state index contributed by atoms with van der Waals surface area (Å²) in [5.41, 5.74) is 2.16. The van der Waals surface area contributed by atoms with Crippen LogP contribution in [0.3, 0.4) is 0 Å². The minimum atomic E-state index is 0.710. The van der Waals surface area contributed by atoms with Crippen LogP contribution in [0.25, 0.3) is 6.08 Å². The Hall–Kier alpha value is -1.31. The summed E-state index contributed by atoms with van der Waals surface area (Å²) >= 11 is 0. The summed E-state index contributed by atoms with van der Waals surface area (Å²) in [5, 5.41) is 0. The maximum atomic E-state index is 5.11. The quantitative estimate of drug-likeness (QED) is 0.687. The smallest absolute Gasteiger partial charge is 0.191 e. The second kappa shape index (κ2) is 8.04. The van der Waals surface area contributed by atoms with Crippen molar-refractivity contribution >= 4 is 6.08 Å². The molecular formula is C13H21NO. The Kier molecular flexibility index (Phi) is 7.33. The molecule has 0 aromatic carbocycles. The zero-order valence-electron chi connectivity index (χ0n) is 10.4. The molecule has 0 fully saturated rings. The highest BCUT2D eigenvalue weighted by Crippen LogP contribution is 2.10. The molecule has 0 saturated carbocycles. The van der Waals surface area contributed by atoms with E-state index in [0.717, 1.165) is 12.1 Å². The van der Waals surface area contributed by atoms with Gasteiger partial charge in [-0.25, -0.2) is 4.98 Å². The second-order valence-electron chi connectivity index (χ2n) is 2.86. The van der Waals surface area contributed by atoms with Crippen LogP contribution in [-0.2, 0) is 0 Å². The van der Waals surface area contributed by atoms with E-state index in [1.807, 2.05) is 39.8 Å². The van der Waals surface area contributed by atoms with Crippen LogP contribution in [-0.4, -0.2) is 4.98 Å². The van der Waals surface area contributed by atoms with Crippen molar-refractivity contribution in [2.75, 3.05) is 0 Å². The lowest BCUT2D eigenvalue weighted by Gasteiger charge is -1.93. The second-order valence-corrected chi connectivity index (χ2v) is 2.86. The van der Waals surface area contributed by atoms with Crippen molar-refractivity contribution in [3.05, 3.63) is 35.6 Å². The molecule has 0 saturated heterocycles. The highest BCUT2D eigenvalue weighted by molar-refractivity contribution is 5.51. The first-order valence-electron chi connectivity index (χ1n) is 5.51. The first kappa shape index (κ1) is 13.7. The number of oxazole rings is 1. The Morgan fingerprint density at radius 3 is 2.53 bits per heavy atom. The van der Waals surface area contributed by atoms with Crippen molar-refractivity contribution in [1.29, 1.82) is 0 Å². The molecule has 1 rings (SSSR count). The first-order valence-corrected chi connectivity index (χ1v) is 5.51. The predicted molar refractivity (Wildman–Crippen MR) is 65.7 cm³/mol. The number of rotatable bonds is 3. The predicted octanol–water partition coefficient (Wildman–Crippen LogP) is 4.38. The fraction of sp³-hybridized carbons (Fsp3) is 0.462. The van der Waals surface area contributed by atoms with Crippen molar-refractivity contribution in [3.63, 3.8) is 0 Å². The number of aromatic nitrogens is 1. The van der Waals surface area contributed by atoms with E-state index in [9.17, 15) is 0 Å². The van der Waals surface area contributed by atoms with E-state index < -0.39 is 0 Å². The molecule has 15 heavy (non-hydrogen) atoms. The molecule has 0 atom stereocenters. The molecular weight excluding hydrogens is 186 g/mol. The lowest BCUT2D eigenvalue weighted by molar-refractivity contribution is 0.521. The zero-order chi connectivity index (χ0) is 11.7. The van der Waals surface area contributed by atoms with E-state index in [0.29, 0.717) is 5.89 Å². The maximum Gasteiger partial charge on any atom is 0.191 e. The Bertz CT molecular complexity index is 321. The molecule has 84 valence electrons. The van der Waals surface area contributed by atoms with Crippen molar-refractivity contribution in [3.8, 4) is 0 Å². The van der Waals surface area contributed by atoms with Gasteiger partial charge in [-0.1, -0.05) is 32.9 Å². The van der Waals surface area contributed by atoms with Gasteiger partial charge in [-0.2, -0.15) is 0 Å². The third-order valence-corrected chi connectivity index (χ3v) is 1.76. The third kappa shape index (κ3) is 5.21. The van der Waals surface area contributed by atoms with Crippen LogP contribution in [0.4, 0.5) is 0 Å². The summed E-state index contributed by atoms with van der Waals surface area (Å²) in [6.45, 7) is 9.98. The normalized spacial score (nSPS) is 11.4. The van der Waals surface area contributed by atoms with E-state index >= 15 is 0 Å². The van der Waals surface area contributed by atoms with E-state index in [1.54, 1.807) is 6.26 Å². The monoisotopic (exact) mass is 207 g/mol. The average Bonchev–Trinajstić information content (AvgIpc) is 2.66. The minimum absolute atomic E-state index is 0.710. The summed E-state index contributed by atoms with van der Waals surface area (Å²) in [5.74, 6) is 0.710. The van der Waals surface area contributed by atoms with E-state index in [2.05, 4.69) is 18.0 Å². The standard InChI is InChI=1S/C11H15NO.C2H6/c1-4-6-10(5-2)7-11-8-13-9(3)12-11;1-2/h4,6-8H,5H2,1-3H3;1-2H3/b6-4-,10-7-;. The number of hydrogen-bond acceptors (Lipinski definition) is 2. The van der Waals surface area contributed by atoms with Crippen LogP contribution < -0.4 is 0 Å². The van der Waals surface area contributed by atoms with Crippen molar-refractivity contribution < 1.29 is 4.42 Å². The molecule has 0 unspecified atom stereocenters. The van der Waals surface area contributed by atoms with Gasteiger partial charge in [-0.15, -0.1) is 0 Å². The van der Waals surface area contributed by atoms with Gasteiger partial charge in [-0.3, -0.25) is 0 Å². The highest BCUT2D eigenvalue weighted by Gasteiger charge is 1.96. The molecule has 2 heteroatoms. The molecule has 2 nitrogen and oxygen atoms in total. The van der Waals surface area contributed by atoms with Crippen LogP contribution >= 0.6 is 0 Å². The minimum Gasteiger partial charge on any atom is -0.449 e. The molecule has 0 spiro atoms. The van der Waals surface area contributed by atoms with Gasteiger partial charge in [0.15, 0.2) is 5.89 Å². The molecule has 0 aliphatic rings. The van der Waals surface area contributed by atoms with Crippen LogP contribution in [0.15, 0.2) is 28.4 Å². The Balaban J connectivity index is 0.000000921. The summed E-state index contributed by atoms with van der Waals surface area (Å²) in [6.07, 6.45) is 8.84. The van der Waals surface area contributed by atoms with Crippen molar-refractivity contribution in [2.24, 2.45) is 0 Å². The summed E-state index contributed by atoms with van der Waals surface area (Å²) in [4.78, 5) is 4.20. The number of nitrogens with zero attached hydrogens (tertiary/aromatic N) is 1. The fourth-order valence-electron chi connectivity index (χ4n) is 1.12.